The molecule has 0 amide bonds. The molecule has 0 saturated carbocycles. The van der Waals surface area contributed by atoms with Gasteiger partial charge >= 0.3 is 5.97 Å². The monoisotopic (exact) mass is 652 g/mol. The quantitative estimate of drug-likeness (QED) is 0.114. The van der Waals surface area contributed by atoms with Crippen molar-refractivity contribution in [2.45, 2.75) is 74.8 Å². The molecule has 2 aliphatic rings. The highest BCUT2D eigenvalue weighted by molar-refractivity contribution is 5.87. The standard InChI is InChI=1S/C31H40O15/c1-15-24(36)25(37)26(38)31(43-15)46-29-27(39)30(42-11-10-17-5-8-20(40-2)19(34)12-17)44-22(14-32)28(29)45-23(35)9-6-16-4-7-18(33)21(13-16)41-3/h4-9,12-13,15,22,24-34,36-39H,10-11,14H2,1-3H3/b9-6+/t15-,22-,24-,25-,26-,27-,28-,29-,30-,31+/m1/s1. The van der Waals surface area contributed by atoms with Gasteiger partial charge in [-0.3, -0.25) is 0 Å². The molecule has 0 unspecified atom stereocenters. The van der Waals surface area contributed by atoms with Gasteiger partial charge in [0.15, 0.2) is 41.7 Å². The van der Waals surface area contributed by atoms with E-state index in [1.807, 2.05) is 0 Å². The molecule has 2 aromatic carbocycles. The Hall–Kier alpha value is -3.51. The summed E-state index contributed by atoms with van der Waals surface area (Å²) in [6, 6.07) is 9.16. The first kappa shape index (κ1) is 35.3. The number of carbonyl (C=O) groups excluding carboxylic acids is 1. The first-order valence-electron chi connectivity index (χ1n) is 14.5. The second-order valence-corrected chi connectivity index (χ2v) is 10.8. The molecule has 2 aromatic rings. The van der Waals surface area contributed by atoms with Gasteiger partial charge in [-0.25, -0.2) is 4.79 Å². The van der Waals surface area contributed by atoms with Crippen LogP contribution in [0.25, 0.3) is 6.08 Å². The number of aromatic hydroxyl groups is 2. The maximum Gasteiger partial charge on any atom is 0.331 e. The van der Waals surface area contributed by atoms with E-state index in [2.05, 4.69) is 0 Å². The molecule has 10 atom stereocenters. The molecule has 0 aromatic heterocycles. The van der Waals surface area contributed by atoms with Crippen LogP contribution in [0.1, 0.15) is 18.1 Å². The van der Waals surface area contributed by atoms with Crippen LogP contribution in [-0.2, 0) is 34.9 Å². The summed E-state index contributed by atoms with van der Waals surface area (Å²) in [5.74, 6) is -0.625. The molecule has 0 aliphatic carbocycles. The van der Waals surface area contributed by atoms with Crippen molar-refractivity contribution < 1.29 is 73.7 Å². The third-order valence-electron chi connectivity index (χ3n) is 7.68. The van der Waals surface area contributed by atoms with Gasteiger partial charge in [0.05, 0.1) is 33.5 Å². The second kappa shape index (κ2) is 15.9. The van der Waals surface area contributed by atoms with E-state index in [0.29, 0.717) is 16.9 Å². The number of methoxy groups -OCH3 is 2. The number of carbonyl (C=O) groups is 1. The molecule has 2 aliphatic heterocycles. The lowest BCUT2D eigenvalue weighted by Gasteiger charge is -2.46. The highest BCUT2D eigenvalue weighted by Crippen LogP contribution is 2.32. The molecular formula is C31H40O15. The normalized spacial score (nSPS) is 31.5. The Labute approximate surface area is 264 Å². The van der Waals surface area contributed by atoms with E-state index in [0.717, 1.165) is 6.08 Å². The van der Waals surface area contributed by atoms with Crippen LogP contribution in [0, 0.1) is 0 Å². The summed E-state index contributed by atoms with van der Waals surface area (Å²) in [5.41, 5.74) is 1.16. The van der Waals surface area contributed by atoms with Gasteiger partial charge in [0.25, 0.3) is 0 Å². The highest BCUT2D eigenvalue weighted by atomic mass is 16.7. The van der Waals surface area contributed by atoms with Crippen molar-refractivity contribution in [3.8, 4) is 23.0 Å². The summed E-state index contributed by atoms with van der Waals surface area (Å²) in [6.07, 6.45) is -12.1. The minimum absolute atomic E-state index is 0.0217. The number of aliphatic hydroxyl groups excluding tert-OH is 5. The Kier molecular flexibility index (Phi) is 12.2. The van der Waals surface area contributed by atoms with Crippen molar-refractivity contribution >= 4 is 12.0 Å². The van der Waals surface area contributed by atoms with Crippen molar-refractivity contribution in [1.29, 1.82) is 0 Å². The van der Waals surface area contributed by atoms with E-state index < -0.39 is 74.0 Å². The third kappa shape index (κ3) is 8.25. The number of hydrogen-bond donors (Lipinski definition) is 7. The lowest BCUT2D eigenvalue weighted by atomic mass is 9.97. The Bertz CT molecular complexity index is 1340. The molecule has 15 heteroatoms. The lowest BCUT2D eigenvalue weighted by molar-refractivity contribution is -0.357. The summed E-state index contributed by atoms with van der Waals surface area (Å²) in [5, 5.41) is 72.3. The van der Waals surface area contributed by atoms with Gasteiger partial charge in [-0.1, -0.05) is 12.1 Å². The van der Waals surface area contributed by atoms with Gasteiger partial charge < -0.3 is 68.9 Å². The fourth-order valence-electron chi connectivity index (χ4n) is 5.08. The Morgan fingerprint density at radius 1 is 0.848 bits per heavy atom. The Balaban J connectivity index is 1.52. The zero-order chi connectivity index (χ0) is 33.5. The van der Waals surface area contributed by atoms with Gasteiger partial charge in [-0.15, -0.1) is 0 Å². The Morgan fingerprint density at radius 2 is 1.59 bits per heavy atom. The van der Waals surface area contributed by atoms with E-state index >= 15 is 0 Å². The molecule has 0 bridgehead atoms. The SMILES string of the molecule is COc1ccc(CCO[C@@H]2O[C@H](CO)[C@@H](OC(=O)/C=C/c3ccc(O)c(OC)c3)[C@H](O[C@@H]3O[C@H](C)[C@@H](O)[C@@H](O)[C@H]3O)[C@H]2O)cc1O. The maximum absolute atomic E-state index is 12.9. The Morgan fingerprint density at radius 3 is 2.26 bits per heavy atom. The summed E-state index contributed by atoms with van der Waals surface area (Å²) in [4.78, 5) is 12.9. The van der Waals surface area contributed by atoms with Crippen LogP contribution >= 0.6 is 0 Å². The largest absolute Gasteiger partial charge is 0.504 e. The average Bonchev–Trinajstić information content (AvgIpc) is 3.04. The zero-order valence-electron chi connectivity index (χ0n) is 25.4. The topological polar surface area (TPSA) is 223 Å². The van der Waals surface area contributed by atoms with E-state index in [-0.39, 0.29) is 30.3 Å². The molecule has 0 radical (unpaired) electrons. The zero-order valence-corrected chi connectivity index (χ0v) is 25.4. The predicted octanol–water partition coefficient (Wildman–Crippen LogP) is -0.410. The van der Waals surface area contributed by atoms with Gasteiger partial charge in [-0.2, -0.15) is 0 Å². The molecule has 0 spiro atoms. The number of phenols is 2. The molecule has 15 nitrogen and oxygen atoms in total. The molecule has 4 rings (SSSR count). The fraction of sp³-hybridized carbons (Fsp3) is 0.516. The average molecular weight is 653 g/mol. The maximum atomic E-state index is 12.9. The van der Waals surface area contributed by atoms with Gasteiger partial charge in [0.1, 0.15) is 36.6 Å². The minimum Gasteiger partial charge on any atom is -0.504 e. The van der Waals surface area contributed by atoms with Crippen LogP contribution in [0.5, 0.6) is 23.0 Å². The number of rotatable bonds is 12. The smallest absolute Gasteiger partial charge is 0.331 e. The number of aliphatic hydroxyl groups is 5. The summed E-state index contributed by atoms with van der Waals surface area (Å²) < 4.78 is 38.6. The minimum atomic E-state index is -1.75. The number of benzene rings is 2. The van der Waals surface area contributed by atoms with Gasteiger partial charge in [-0.05, 0) is 54.8 Å². The van der Waals surface area contributed by atoms with Crippen molar-refractivity contribution in [1.82, 2.24) is 0 Å². The van der Waals surface area contributed by atoms with Gasteiger partial charge in [0.2, 0.25) is 0 Å². The highest BCUT2D eigenvalue weighted by Gasteiger charge is 2.52. The van der Waals surface area contributed by atoms with Crippen LogP contribution in [0.15, 0.2) is 42.5 Å². The molecule has 2 saturated heterocycles. The second-order valence-electron chi connectivity index (χ2n) is 10.8. The number of ether oxygens (including phenoxy) is 7. The molecule has 2 heterocycles. The van der Waals surface area contributed by atoms with Crippen LogP contribution in [0.2, 0.25) is 0 Å². The molecule has 7 N–H and O–H groups in total. The summed E-state index contributed by atoms with van der Waals surface area (Å²) in [6.45, 7) is 0.712. The molecular weight excluding hydrogens is 612 g/mol. The number of esters is 1. The number of hydrogen-bond acceptors (Lipinski definition) is 15. The molecule has 46 heavy (non-hydrogen) atoms. The van der Waals surface area contributed by atoms with E-state index in [9.17, 15) is 40.5 Å². The van der Waals surface area contributed by atoms with Crippen LogP contribution in [0.4, 0.5) is 0 Å². The fourth-order valence-corrected chi connectivity index (χ4v) is 5.08. The van der Waals surface area contributed by atoms with Crippen molar-refractivity contribution in [2.24, 2.45) is 0 Å². The predicted molar refractivity (Wildman–Crippen MR) is 157 cm³/mol. The molecule has 254 valence electrons. The first-order valence-corrected chi connectivity index (χ1v) is 14.5. The first-order chi connectivity index (χ1) is 22.0. The number of phenolic OH excluding ortho intramolecular Hbond substituents is 2. The third-order valence-corrected chi connectivity index (χ3v) is 7.68. The van der Waals surface area contributed by atoms with Gasteiger partial charge in [0, 0.05) is 6.08 Å². The van der Waals surface area contributed by atoms with Crippen molar-refractivity contribution in [3.63, 3.8) is 0 Å². The summed E-state index contributed by atoms with van der Waals surface area (Å²) >= 11 is 0. The molecule has 2 fully saturated rings. The van der Waals surface area contributed by atoms with Crippen LogP contribution in [-0.4, -0.2) is 131 Å². The van der Waals surface area contributed by atoms with E-state index in [1.54, 1.807) is 12.1 Å². The van der Waals surface area contributed by atoms with Crippen LogP contribution < -0.4 is 9.47 Å². The van der Waals surface area contributed by atoms with Crippen LogP contribution in [0.3, 0.4) is 0 Å². The van der Waals surface area contributed by atoms with E-state index in [4.69, 9.17) is 33.2 Å². The van der Waals surface area contributed by atoms with E-state index in [1.165, 1.54) is 51.5 Å². The van der Waals surface area contributed by atoms with Crippen molar-refractivity contribution in [3.05, 3.63) is 53.6 Å². The summed E-state index contributed by atoms with van der Waals surface area (Å²) in [7, 11) is 2.79. The van der Waals surface area contributed by atoms with Crippen molar-refractivity contribution in [2.75, 3.05) is 27.4 Å². The lowest BCUT2D eigenvalue weighted by Crippen LogP contribution is -2.65.